The van der Waals surface area contributed by atoms with Crippen LogP contribution in [0.4, 0.5) is 0 Å². The van der Waals surface area contributed by atoms with Crippen molar-refractivity contribution in [1.82, 2.24) is 4.90 Å². The molecule has 3 fully saturated rings. The highest BCUT2D eigenvalue weighted by atomic mass is 16.2. The van der Waals surface area contributed by atoms with E-state index in [1.165, 1.54) is 44.9 Å². The second-order valence-electron chi connectivity index (χ2n) is 5.91. The highest BCUT2D eigenvalue weighted by molar-refractivity contribution is 5.79. The molecule has 0 bridgehead atoms. The Hall–Kier alpha value is -0.530. The molecule has 2 unspecified atom stereocenters. The van der Waals surface area contributed by atoms with Gasteiger partial charge in [-0.15, -0.1) is 0 Å². The maximum absolute atomic E-state index is 12.4. The molecule has 2 saturated carbocycles. The van der Waals surface area contributed by atoms with E-state index in [1.807, 2.05) is 0 Å². The van der Waals surface area contributed by atoms with E-state index in [0.29, 0.717) is 17.9 Å². The summed E-state index contributed by atoms with van der Waals surface area (Å²) in [5.74, 6) is 1.74. The van der Waals surface area contributed by atoms with Crippen molar-refractivity contribution < 1.29 is 4.79 Å². The van der Waals surface area contributed by atoms with Crippen molar-refractivity contribution in [2.75, 3.05) is 6.54 Å². The van der Waals surface area contributed by atoms with Crippen LogP contribution in [-0.2, 0) is 4.79 Å². The summed E-state index contributed by atoms with van der Waals surface area (Å²) in [6.07, 6.45) is 11.5. The molecule has 2 aliphatic carbocycles. The molecule has 90 valence electrons. The fourth-order valence-corrected chi connectivity index (χ4v) is 4.09. The summed E-state index contributed by atoms with van der Waals surface area (Å²) in [4.78, 5) is 14.7. The molecular formula is C14H23NO. The van der Waals surface area contributed by atoms with Crippen molar-refractivity contribution in [3.8, 4) is 0 Å². The zero-order valence-electron chi connectivity index (χ0n) is 10.2. The molecular weight excluding hydrogens is 198 g/mol. The minimum atomic E-state index is 0.390. The molecule has 2 atom stereocenters. The van der Waals surface area contributed by atoms with E-state index in [4.69, 9.17) is 0 Å². The molecule has 0 aromatic rings. The van der Waals surface area contributed by atoms with Crippen LogP contribution >= 0.6 is 0 Å². The van der Waals surface area contributed by atoms with Crippen LogP contribution < -0.4 is 0 Å². The molecule has 1 heterocycles. The molecule has 2 heteroatoms. The van der Waals surface area contributed by atoms with Gasteiger partial charge in [0.2, 0.25) is 5.91 Å². The number of hydrogen-bond acceptors (Lipinski definition) is 1. The van der Waals surface area contributed by atoms with Gasteiger partial charge in [0, 0.05) is 18.5 Å². The number of carbonyl (C=O) groups is 1. The van der Waals surface area contributed by atoms with Crippen LogP contribution in [0.2, 0.25) is 0 Å². The van der Waals surface area contributed by atoms with Crippen LogP contribution in [0.15, 0.2) is 0 Å². The summed E-state index contributed by atoms with van der Waals surface area (Å²) < 4.78 is 0. The number of nitrogens with zero attached hydrogens (tertiary/aromatic N) is 1. The molecule has 1 aliphatic heterocycles. The Morgan fingerprint density at radius 3 is 2.38 bits per heavy atom. The van der Waals surface area contributed by atoms with Crippen molar-refractivity contribution in [2.45, 2.75) is 63.8 Å². The average molecular weight is 221 g/mol. The van der Waals surface area contributed by atoms with E-state index in [0.717, 1.165) is 25.3 Å². The van der Waals surface area contributed by atoms with Crippen LogP contribution in [0.5, 0.6) is 0 Å². The lowest BCUT2D eigenvalue weighted by Crippen LogP contribution is -2.41. The van der Waals surface area contributed by atoms with Crippen LogP contribution in [0.1, 0.15) is 57.8 Å². The van der Waals surface area contributed by atoms with Gasteiger partial charge in [-0.05, 0) is 38.0 Å². The SMILES string of the molecule is O=C(C1CCCC1)N1CCC2CCCCC21. The summed E-state index contributed by atoms with van der Waals surface area (Å²) in [7, 11) is 0. The van der Waals surface area contributed by atoms with Crippen molar-refractivity contribution in [2.24, 2.45) is 11.8 Å². The van der Waals surface area contributed by atoms with Crippen LogP contribution in [0.3, 0.4) is 0 Å². The highest BCUT2D eigenvalue weighted by Gasteiger charge is 2.40. The Balaban J connectivity index is 1.67. The molecule has 0 aromatic heterocycles. The van der Waals surface area contributed by atoms with E-state index < -0.39 is 0 Å². The predicted octanol–water partition coefficient (Wildman–Crippen LogP) is 2.97. The van der Waals surface area contributed by atoms with E-state index >= 15 is 0 Å². The smallest absolute Gasteiger partial charge is 0.225 e. The van der Waals surface area contributed by atoms with Gasteiger partial charge in [0.25, 0.3) is 0 Å². The predicted molar refractivity (Wildman–Crippen MR) is 64.0 cm³/mol. The minimum Gasteiger partial charge on any atom is -0.339 e. The number of carbonyl (C=O) groups excluding carboxylic acids is 1. The van der Waals surface area contributed by atoms with Crippen LogP contribution in [-0.4, -0.2) is 23.4 Å². The third-order valence-electron chi connectivity index (χ3n) is 5.00. The summed E-state index contributed by atoms with van der Waals surface area (Å²) in [6, 6.07) is 0.627. The summed E-state index contributed by atoms with van der Waals surface area (Å²) in [5.41, 5.74) is 0. The molecule has 0 aromatic carbocycles. The topological polar surface area (TPSA) is 20.3 Å². The van der Waals surface area contributed by atoms with Crippen molar-refractivity contribution >= 4 is 5.91 Å². The summed E-state index contributed by atoms with van der Waals surface area (Å²) >= 11 is 0. The largest absolute Gasteiger partial charge is 0.339 e. The lowest BCUT2D eigenvalue weighted by atomic mass is 9.85. The Morgan fingerprint density at radius 2 is 1.56 bits per heavy atom. The number of likely N-dealkylation sites (tertiary alicyclic amines) is 1. The molecule has 1 saturated heterocycles. The minimum absolute atomic E-state index is 0.390. The van der Waals surface area contributed by atoms with Gasteiger partial charge in [0.05, 0.1) is 0 Å². The first-order valence-corrected chi connectivity index (χ1v) is 7.17. The van der Waals surface area contributed by atoms with Crippen LogP contribution in [0, 0.1) is 11.8 Å². The van der Waals surface area contributed by atoms with E-state index in [-0.39, 0.29) is 0 Å². The number of hydrogen-bond donors (Lipinski definition) is 0. The normalized spacial score (nSPS) is 35.4. The monoisotopic (exact) mass is 221 g/mol. The Morgan fingerprint density at radius 1 is 0.875 bits per heavy atom. The van der Waals surface area contributed by atoms with E-state index in [1.54, 1.807) is 0 Å². The first-order valence-electron chi connectivity index (χ1n) is 7.17. The molecule has 3 aliphatic rings. The quantitative estimate of drug-likeness (QED) is 0.666. The van der Waals surface area contributed by atoms with Crippen LogP contribution in [0.25, 0.3) is 0 Å². The number of rotatable bonds is 1. The van der Waals surface area contributed by atoms with Gasteiger partial charge < -0.3 is 4.90 Å². The second kappa shape index (κ2) is 4.38. The summed E-state index contributed by atoms with van der Waals surface area (Å²) in [6.45, 7) is 1.06. The summed E-state index contributed by atoms with van der Waals surface area (Å²) in [5, 5.41) is 0. The number of amides is 1. The van der Waals surface area contributed by atoms with Gasteiger partial charge in [0.1, 0.15) is 0 Å². The van der Waals surface area contributed by atoms with E-state index in [2.05, 4.69) is 4.90 Å². The second-order valence-corrected chi connectivity index (χ2v) is 5.91. The number of fused-ring (bicyclic) bond motifs is 1. The Labute approximate surface area is 98.4 Å². The third-order valence-corrected chi connectivity index (χ3v) is 5.00. The van der Waals surface area contributed by atoms with Gasteiger partial charge in [0.15, 0.2) is 0 Å². The van der Waals surface area contributed by atoms with Crippen molar-refractivity contribution in [3.63, 3.8) is 0 Å². The van der Waals surface area contributed by atoms with Gasteiger partial charge in [-0.25, -0.2) is 0 Å². The first-order chi connectivity index (χ1) is 7.86. The maximum Gasteiger partial charge on any atom is 0.225 e. The van der Waals surface area contributed by atoms with Gasteiger partial charge >= 0.3 is 0 Å². The van der Waals surface area contributed by atoms with Gasteiger partial charge in [-0.2, -0.15) is 0 Å². The Bertz CT molecular complexity index is 270. The first kappa shape index (κ1) is 10.6. The zero-order valence-corrected chi connectivity index (χ0v) is 10.2. The van der Waals surface area contributed by atoms with Gasteiger partial charge in [-0.3, -0.25) is 4.79 Å². The van der Waals surface area contributed by atoms with E-state index in [9.17, 15) is 4.79 Å². The third kappa shape index (κ3) is 1.76. The lowest BCUT2D eigenvalue weighted by Gasteiger charge is -2.33. The molecule has 1 amide bonds. The highest BCUT2D eigenvalue weighted by Crippen LogP contribution is 2.38. The van der Waals surface area contributed by atoms with Gasteiger partial charge in [-0.1, -0.05) is 25.7 Å². The molecule has 3 rings (SSSR count). The lowest BCUT2D eigenvalue weighted by molar-refractivity contribution is -0.136. The standard InChI is InChI=1S/C14H23NO/c16-14(12-6-1-2-7-12)15-10-9-11-5-3-4-8-13(11)15/h11-13H,1-10H2. The molecule has 0 radical (unpaired) electrons. The van der Waals surface area contributed by atoms with Crippen molar-refractivity contribution in [3.05, 3.63) is 0 Å². The fraction of sp³-hybridized carbons (Fsp3) is 0.929. The molecule has 2 nitrogen and oxygen atoms in total. The van der Waals surface area contributed by atoms with Crippen molar-refractivity contribution in [1.29, 1.82) is 0 Å². The average Bonchev–Trinajstić information content (AvgIpc) is 2.98. The fourth-order valence-electron chi connectivity index (χ4n) is 4.09. The molecule has 16 heavy (non-hydrogen) atoms. The Kier molecular flexibility index (Phi) is 2.91. The molecule has 0 N–H and O–H groups in total. The zero-order chi connectivity index (χ0) is 11.0. The maximum atomic E-state index is 12.4. The molecule has 0 spiro atoms.